The molecule has 2 aromatic rings. The summed E-state index contributed by atoms with van der Waals surface area (Å²) in [5.41, 5.74) is 0.744. The van der Waals surface area contributed by atoms with E-state index in [9.17, 15) is 9.90 Å². The Hall–Kier alpha value is -1.35. The Morgan fingerprint density at radius 1 is 1.20 bits per heavy atom. The maximum absolute atomic E-state index is 10.5. The normalized spacial score (nSPS) is 10.5. The summed E-state index contributed by atoms with van der Waals surface area (Å²) in [6, 6.07) is 11.5. The van der Waals surface area contributed by atoms with Crippen molar-refractivity contribution >= 4 is 32.7 Å². The fourth-order valence-corrected chi connectivity index (χ4v) is 2.20. The van der Waals surface area contributed by atoms with Crippen LogP contribution in [-0.4, -0.2) is 5.97 Å². The molecule has 3 heteroatoms. The van der Waals surface area contributed by atoms with Gasteiger partial charge in [0.15, 0.2) is 0 Å². The molecule has 0 unspecified atom stereocenters. The molecular weight excluding hydrogens is 256 g/mol. The number of benzene rings is 2. The van der Waals surface area contributed by atoms with Crippen LogP contribution in [0.3, 0.4) is 0 Å². The molecule has 0 fully saturated rings. The van der Waals surface area contributed by atoms with Crippen molar-refractivity contribution < 1.29 is 9.90 Å². The number of hydrogen-bond donors (Lipinski definition) is 0. The summed E-state index contributed by atoms with van der Waals surface area (Å²) in [4.78, 5) is 10.5. The van der Waals surface area contributed by atoms with Gasteiger partial charge in [-0.2, -0.15) is 0 Å². The number of carbonyl (C=O) groups excluding carboxylic acids is 1. The minimum atomic E-state index is -1.06. The van der Waals surface area contributed by atoms with Crippen LogP contribution in [-0.2, 0) is 11.2 Å². The van der Waals surface area contributed by atoms with E-state index >= 15 is 0 Å². The van der Waals surface area contributed by atoms with Crippen LogP contribution in [0.15, 0.2) is 40.9 Å². The minimum absolute atomic E-state index is 0.0641. The van der Waals surface area contributed by atoms with E-state index in [0.717, 1.165) is 20.8 Å². The van der Waals surface area contributed by atoms with Crippen LogP contribution in [0.1, 0.15) is 5.56 Å². The van der Waals surface area contributed by atoms with Crippen LogP contribution in [0, 0.1) is 0 Å². The zero-order valence-corrected chi connectivity index (χ0v) is 9.45. The quantitative estimate of drug-likeness (QED) is 0.831. The summed E-state index contributed by atoms with van der Waals surface area (Å²) < 4.78 is 0.838. The lowest BCUT2D eigenvalue weighted by Crippen LogP contribution is -2.24. The highest BCUT2D eigenvalue weighted by atomic mass is 79.9. The number of carbonyl (C=O) groups is 1. The monoisotopic (exact) mass is 263 g/mol. The lowest BCUT2D eigenvalue weighted by Gasteiger charge is -2.08. The summed E-state index contributed by atoms with van der Waals surface area (Å²) in [7, 11) is 0. The van der Waals surface area contributed by atoms with Gasteiger partial charge in [-0.05, 0) is 32.3 Å². The fourth-order valence-electron chi connectivity index (χ4n) is 1.57. The number of carboxylic acids is 1. The second-order valence-electron chi connectivity index (χ2n) is 3.31. The first kappa shape index (κ1) is 10.2. The lowest BCUT2D eigenvalue weighted by molar-refractivity contribution is -0.304. The molecule has 76 valence electrons. The number of aliphatic carboxylic acids is 1. The van der Waals surface area contributed by atoms with Crippen LogP contribution in [0.25, 0.3) is 10.8 Å². The molecule has 0 saturated carbocycles. The van der Waals surface area contributed by atoms with Gasteiger partial charge in [0.05, 0.1) is 0 Å². The molecule has 2 nitrogen and oxygen atoms in total. The Morgan fingerprint density at radius 3 is 2.67 bits per heavy atom. The van der Waals surface area contributed by atoms with Gasteiger partial charge in [0, 0.05) is 16.9 Å². The Balaban J connectivity index is 2.59. The molecule has 2 aromatic carbocycles. The number of hydrogen-bond acceptors (Lipinski definition) is 2. The molecule has 0 bridgehead atoms. The van der Waals surface area contributed by atoms with Crippen molar-refractivity contribution in [1.82, 2.24) is 0 Å². The number of fused-ring (bicyclic) bond motifs is 1. The molecule has 0 radical (unpaired) electrons. The molecule has 0 amide bonds. The first-order valence-corrected chi connectivity index (χ1v) is 5.34. The van der Waals surface area contributed by atoms with Crippen LogP contribution >= 0.6 is 15.9 Å². The van der Waals surface area contributed by atoms with Crippen molar-refractivity contribution in [2.75, 3.05) is 0 Å². The standard InChI is InChI=1S/C12H9BrO2/c13-12-9(7-11(14)15)6-5-8-3-1-2-4-10(8)12/h1-6H,7H2,(H,14,15)/p-1. The molecule has 15 heavy (non-hydrogen) atoms. The molecule has 0 spiro atoms. The third kappa shape index (κ3) is 2.02. The van der Waals surface area contributed by atoms with Crippen LogP contribution < -0.4 is 5.11 Å². The van der Waals surface area contributed by atoms with Gasteiger partial charge in [-0.25, -0.2) is 0 Å². The molecule has 0 aliphatic carbocycles. The molecule has 0 aliphatic heterocycles. The highest BCUT2D eigenvalue weighted by molar-refractivity contribution is 9.10. The summed E-state index contributed by atoms with van der Waals surface area (Å²) >= 11 is 3.42. The van der Waals surface area contributed by atoms with Gasteiger partial charge in [0.25, 0.3) is 0 Å². The Labute approximate surface area is 95.7 Å². The van der Waals surface area contributed by atoms with Gasteiger partial charge in [-0.15, -0.1) is 0 Å². The van der Waals surface area contributed by atoms with Gasteiger partial charge >= 0.3 is 0 Å². The van der Waals surface area contributed by atoms with Crippen molar-refractivity contribution in [3.63, 3.8) is 0 Å². The Bertz CT molecular complexity index is 520. The molecule has 0 atom stereocenters. The zero-order chi connectivity index (χ0) is 10.8. The van der Waals surface area contributed by atoms with Crippen LogP contribution in [0.4, 0.5) is 0 Å². The van der Waals surface area contributed by atoms with E-state index in [0.29, 0.717) is 0 Å². The summed E-state index contributed by atoms with van der Waals surface area (Å²) in [5.74, 6) is -1.06. The van der Waals surface area contributed by atoms with Crippen molar-refractivity contribution in [2.24, 2.45) is 0 Å². The van der Waals surface area contributed by atoms with Gasteiger partial charge < -0.3 is 9.90 Å². The predicted octanol–water partition coefficient (Wildman–Crippen LogP) is 1.89. The maximum atomic E-state index is 10.5. The first-order chi connectivity index (χ1) is 7.18. The summed E-state index contributed by atoms with van der Waals surface area (Å²) in [6.07, 6.45) is -0.0641. The topological polar surface area (TPSA) is 40.1 Å². The maximum Gasteiger partial charge on any atom is 0.0458 e. The van der Waals surface area contributed by atoms with E-state index < -0.39 is 5.97 Å². The minimum Gasteiger partial charge on any atom is -0.550 e. The van der Waals surface area contributed by atoms with Crippen molar-refractivity contribution in [2.45, 2.75) is 6.42 Å². The average Bonchev–Trinajstić information content (AvgIpc) is 2.22. The molecule has 0 saturated heterocycles. The second kappa shape index (κ2) is 4.03. The van der Waals surface area contributed by atoms with E-state index in [4.69, 9.17) is 0 Å². The lowest BCUT2D eigenvalue weighted by atomic mass is 10.1. The Kier molecular flexibility index (Phi) is 2.73. The van der Waals surface area contributed by atoms with Crippen molar-refractivity contribution in [3.8, 4) is 0 Å². The molecule has 0 aliphatic rings. The SMILES string of the molecule is O=C([O-])Cc1ccc2ccccc2c1Br. The van der Waals surface area contributed by atoms with E-state index in [1.54, 1.807) is 0 Å². The van der Waals surface area contributed by atoms with Crippen molar-refractivity contribution in [3.05, 3.63) is 46.4 Å². The van der Waals surface area contributed by atoms with Gasteiger partial charge in [0.1, 0.15) is 0 Å². The van der Waals surface area contributed by atoms with E-state index in [1.165, 1.54) is 0 Å². The largest absolute Gasteiger partial charge is 0.550 e. The van der Waals surface area contributed by atoms with Crippen LogP contribution in [0.5, 0.6) is 0 Å². The smallest absolute Gasteiger partial charge is 0.0458 e. The van der Waals surface area contributed by atoms with Gasteiger partial charge in [0.2, 0.25) is 0 Å². The first-order valence-electron chi connectivity index (χ1n) is 4.54. The van der Waals surface area contributed by atoms with Crippen molar-refractivity contribution in [1.29, 1.82) is 0 Å². The molecule has 0 aromatic heterocycles. The van der Waals surface area contributed by atoms with E-state index in [2.05, 4.69) is 15.9 Å². The highest BCUT2D eigenvalue weighted by Gasteiger charge is 2.04. The Morgan fingerprint density at radius 2 is 1.93 bits per heavy atom. The average molecular weight is 264 g/mol. The van der Waals surface area contributed by atoms with Gasteiger partial charge in [-0.3, -0.25) is 0 Å². The third-order valence-electron chi connectivity index (χ3n) is 2.28. The van der Waals surface area contributed by atoms with Gasteiger partial charge in [-0.1, -0.05) is 36.4 Å². The van der Waals surface area contributed by atoms with E-state index in [-0.39, 0.29) is 6.42 Å². The number of rotatable bonds is 2. The molecule has 2 rings (SSSR count). The van der Waals surface area contributed by atoms with Crippen LogP contribution in [0.2, 0.25) is 0 Å². The zero-order valence-electron chi connectivity index (χ0n) is 7.87. The number of carboxylic acid groups (broad SMARTS) is 1. The molecule has 0 N–H and O–H groups in total. The second-order valence-corrected chi connectivity index (χ2v) is 4.10. The third-order valence-corrected chi connectivity index (χ3v) is 3.21. The summed E-state index contributed by atoms with van der Waals surface area (Å²) in [6.45, 7) is 0. The fraction of sp³-hybridized carbons (Fsp3) is 0.0833. The molecular formula is C12H8BrO2-. The molecule has 0 heterocycles. The highest BCUT2D eigenvalue weighted by Crippen LogP contribution is 2.27. The predicted molar refractivity (Wildman–Crippen MR) is 60.4 cm³/mol. The summed E-state index contributed by atoms with van der Waals surface area (Å²) in [5, 5.41) is 12.6. The van der Waals surface area contributed by atoms with E-state index in [1.807, 2.05) is 36.4 Å². The number of halogens is 1.